The second-order valence-corrected chi connectivity index (χ2v) is 6.22. The number of anilines is 1. The maximum Gasteiger partial charge on any atom is 0.242 e. The molecule has 0 aromatic heterocycles. The Morgan fingerprint density at radius 2 is 1.89 bits per heavy atom. The maximum atomic E-state index is 12.0. The lowest BCUT2D eigenvalue weighted by atomic mass is 10.3. The smallest absolute Gasteiger partial charge is 0.242 e. The predicted octanol–water partition coefficient (Wildman–Crippen LogP) is 0.643. The Labute approximate surface area is 108 Å². The van der Waals surface area contributed by atoms with E-state index < -0.39 is 10.0 Å². The zero-order chi connectivity index (χ0) is 13.0. The first-order valence-electron chi connectivity index (χ1n) is 6.16. The second kappa shape index (κ2) is 5.69. The van der Waals surface area contributed by atoms with Gasteiger partial charge in [0.1, 0.15) is 4.90 Å². The molecule has 1 aromatic carbocycles. The highest BCUT2D eigenvalue weighted by Gasteiger charge is 2.17. The molecule has 0 aliphatic carbocycles. The van der Waals surface area contributed by atoms with Gasteiger partial charge in [-0.2, -0.15) is 0 Å². The van der Waals surface area contributed by atoms with E-state index in [1.807, 2.05) is 0 Å². The molecule has 3 N–H and O–H groups in total. The fourth-order valence-corrected chi connectivity index (χ4v) is 3.30. The third-order valence-electron chi connectivity index (χ3n) is 3.13. The zero-order valence-electron chi connectivity index (χ0n) is 10.3. The molecule has 1 aliphatic heterocycles. The van der Waals surface area contributed by atoms with Crippen molar-refractivity contribution in [2.75, 3.05) is 31.9 Å². The van der Waals surface area contributed by atoms with E-state index in [1.54, 1.807) is 18.2 Å². The number of para-hydroxylation sites is 1. The molecule has 0 spiro atoms. The van der Waals surface area contributed by atoms with Gasteiger partial charge in [0.2, 0.25) is 10.0 Å². The first kappa shape index (κ1) is 13.3. The molecule has 5 nitrogen and oxygen atoms in total. The highest BCUT2D eigenvalue weighted by Crippen LogP contribution is 2.16. The fraction of sp³-hybridized carbons (Fsp3) is 0.500. The first-order chi connectivity index (χ1) is 8.59. The SMILES string of the molecule is Nc1ccccc1S(=O)(=O)NCCN1CCCC1. The number of nitrogens with zero attached hydrogens (tertiary/aromatic N) is 1. The summed E-state index contributed by atoms with van der Waals surface area (Å²) >= 11 is 0. The third kappa shape index (κ3) is 3.22. The second-order valence-electron chi connectivity index (χ2n) is 4.48. The Morgan fingerprint density at radius 1 is 1.22 bits per heavy atom. The maximum absolute atomic E-state index is 12.0. The van der Waals surface area contributed by atoms with E-state index in [0.29, 0.717) is 6.54 Å². The molecule has 0 bridgehead atoms. The van der Waals surface area contributed by atoms with Crippen LogP contribution in [-0.2, 0) is 10.0 Å². The standard InChI is InChI=1S/C12H19N3O2S/c13-11-5-1-2-6-12(11)18(16,17)14-7-10-15-8-3-4-9-15/h1-2,5-6,14H,3-4,7-10,13H2. The van der Waals surface area contributed by atoms with E-state index in [4.69, 9.17) is 5.73 Å². The summed E-state index contributed by atoms with van der Waals surface area (Å²) in [6, 6.07) is 6.51. The van der Waals surface area contributed by atoms with Crippen LogP contribution in [0.1, 0.15) is 12.8 Å². The Morgan fingerprint density at radius 3 is 2.56 bits per heavy atom. The summed E-state index contributed by atoms with van der Waals surface area (Å²) in [5, 5.41) is 0. The summed E-state index contributed by atoms with van der Waals surface area (Å²) < 4.78 is 26.6. The third-order valence-corrected chi connectivity index (χ3v) is 4.66. The summed E-state index contributed by atoms with van der Waals surface area (Å²) in [5.74, 6) is 0. The van der Waals surface area contributed by atoms with Gasteiger partial charge in [-0.15, -0.1) is 0 Å². The van der Waals surface area contributed by atoms with Gasteiger partial charge in [0.25, 0.3) is 0 Å². The Kier molecular flexibility index (Phi) is 4.21. The first-order valence-corrected chi connectivity index (χ1v) is 7.64. The van der Waals surface area contributed by atoms with Gasteiger partial charge in [-0.3, -0.25) is 0 Å². The van der Waals surface area contributed by atoms with Crippen molar-refractivity contribution in [2.24, 2.45) is 0 Å². The molecule has 1 aliphatic rings. The lowest BCUT2D eigenvalue weighted by molar-refractivity contribution is 0.344. The van der Waals surface area contributed by atoms with Crippen LogP contribution in [0.25, 0.3) is 0 Å². The lowest BCUT2D eigenvalue weighted by Gasteiger charge is -2.15. The number of nitrogen functional groups attached to an aromatic ring is 1. The van der Waals surface area contributed by atoms with Gasteiger partial charge in [-0.1, -0.05) is 12.1 Å². The van der Waals surface area contributed by atoms with Crippen molar-refractivity contribution in [3.8, 4) is 0 Å². The van der Waals surface area contributed by atoms with Gasteiger partial charge in [0.05, 0.1) is 5.69 Å². The molecular weight excluding hydrogens is 250 g/mol. The summed E-state index contributed by atoms with van der Waals surface area (Å²) in [5.41, 5.74) is 5.95. The minimum absolute atomic E-state index is 0.159. The summed E-state index contributed by atoms with van der Waals surface area (Å²) in [6.07, 6.45) is 2.41. The van der Waals surface area contributed by atoms with Crippen molar-refractivity contribution in [3.05, 3.63) is 24.3 Å². The van der Waals surface area contributed by atoms with E-state index in [-0.39, 0.29) is 10.6 Å². The van der Waals surface area contributed by atoms with E-state index in [1.165, 1.54) is 18.9 Å². The number of hydrogen-bond acceptors (Lipinski definition) is 4. The molecule has 2 rings (SSSR count). The highest BCUT2D eigenvalue weighted by atomic mass is 32.2. The molecule has 1 aromatic rings. The minimum atomic E-state index is -3.48. The number of likely N-dealkylation sites (tertiary alicyclic amines) is 1. The van der Waals surface area contributed by atoms with Gasteiger partial charge in [0, 0.05) is 13.1 Å². The number of rotatable bonds is 5. The molecule has 1 saturated heterocycles. The Balaban J connectivity index is 1.93. The van der Waals surface area contributed by atoms with E-state index >= 15 is 0 Å². The van der Waals surface area contributed by atoms with Gasteiger partial charge in [-0.05, 0) is 38.1 Å². The van der Waals surface area contributed by atoms with E-state index in [0.717, 1.165) is 19.6 Å². The zero-order valence-corrected chi connectivity index (χ0v) is 11.1. The minimum Gasteiger partial charge on any atom is -0.398 e. The van der Waals surface area contributed by atoms with Crippen molar-refractivity contribution < 1.29 is 8.42 Å². The molecule has 6 heteroatoms. The van der Waals surface area contributed by atoms with Gasteiger partial charge in [-0.25, -0.2) is 13.1 Å². The number of hydrogen-bond donors (Lipinski definition) is 2. The molecule has 1 heterocycles. The van der Waals surface area contributed by atoms with Crippen LogP contribution >= 0.6 is 0 Å². The summed E-state index contributed by atoms with van der Waals surface area (Å²) in [7, 11) is -3.48. The van der Waals surface area contributed by atoms with Gasteiger partial charge >= 0.3 is 0 Å². The normalized spacial score (nSPS) is 17.1. The molecule has 100 valence electrons. The quantitative estimate of drug-likeness (QED) is 0.769. The van der Waals surface area contributed by atoms with Crippen molar-refractivity contribution in [3.63, 3.8) is 0 Å². The monoisotopic (exact) mass is 269 g/mol. The molecular formula is C12H19N3O2S. The van der Waals surface area contributed by atoms with Crippen LogP contribution in [0.4, 0.5) is 5.69 Å². The lowest BCUT2D eigenvalue weighted by Crippen LogP contribution is -2.33. The summed E-state index contributed by atoms with van der Waals surface area (Å²) in [4.78, 5) is 2.42. The average molecular weight is 269 g/mol. The van der Waals surface area contributed by atoms with Crippen molar-refractivity contribution in [1.29, 1.82) is 0 Å². The summed E-state index contributed by atoms with van der Waals surface area (Å²) in [6.45, 7) is 3.31. The molecule has 0 unspecified atom stereocenters. The van der Waals surface area contributed by atoms with Crippen LogP contribution in [0.15, 0.2) is 29.2 Å². The van der Waals surface area contributed by atoms with Crippen molar-refractivity contribution in [1.82, 2.24) is 9.62 Å². The van der Waals surface area contributed by atoms with Gasteiger partial charge in [0.15, 0.2) is 0 Å². The van der Waals surface area contributed by atoms with E-state index in [9.17, 15) is 8.42 Å². The number of nitrogens with two attached hydrogens (primary N) is 1. The Hall–Kier alpha value is -1.11. The van der Waals surface area contributed by atoms with Gasteiger partial charge < -0.3 is 10.6 Å². The highest BCUT2D eigenvalue weighted by molar-refractivity contribution is 7.89. The number of sulfonamides is 1. The molecule has 0 saturated carbocycles. The van der Waals surface area contributed by atoms with Crippen molar-refractivity contribution in [2.45, 2.75) is 17.7 Å². The van der Waals surface area contributed by atoms with Crippen LogP contribution < -0.4 is 10.5 Å². The van der Waals surface area contributed by atoms with Crippen LogP contribution in [-0.4, -0.2) is 39.5 Å². The van der Waals surface area contributed by atoms with Crippen LogP contribution in [0.5, 0.6) is 0 Å². The molecule has 1 fully saturated rings. The average Bonchev–Trinajstić information content (AvgIpc) is 2.82. The van der Waals surface area contributed by atoms with E-state index in [2.05, 4.69) is 9.62 Å². The van der Waals surface area contributed by atoms with Crippen LogP contribution in [0, 0.1) is 0 Å². The topological polar surface area (TPSA) is 75.4 Å². The number of nitrogens with one attached hydrogen (secondary N) is 1. The molecule has 0 amide bonds. The largest absolute Gasteiger partial charge is 0.398 e. The molecule has 18 heavy (non-hydrogen) atoms. The Bertz CT molecular complexity index is 496. The predicted molar refractivity (Wildman–Crippen MR) is 71.7 cm³/mol. The molecule has 0 radical (unpaired) electrons. The van der Waals surface area contributed by atoms with Crippen LogP contribution in [0.3, 0.4) is 0 Å². The number of benzene rings is 1. The van der Waals surface area contributed by atoms with Crippen LogP contribution in [0.2, 0.25) is 0 Å². The molecule has 0 atom stereocenters. The fourth-order valence-electron chi connectivity index (χ4n) is 2.15. The van der Waals surface area contributed by atoms with Crippen molar-refractivity contribution >= 4 is 15.7 Å².